The molecule has 1 heterocycles. The van der Waals surface area contributed by atoms with Crippen LogP contribution in [0.2, 0.25) is 5.02 Å². The number of carbonyl (C=O) groups excluding carboxylic acids is 2. The molecule has 1 amide bonds. The smallest absolute Gasteiger partial charge is 0.347 e. The number of nitrogens with one attached hydrogen (secondary N) is 1. The van der Waals surface area contributed by atoms with Gasteiger partial charge >= 0.3 is 5.97 Å². The molecular weight excluding hydrogens is 332 g/mol. The van der Waals surface area contributed by atoms with E-state index in [0.29, 0.717) is 16.6 Å². The van der Waals surface area contributed by atoms with E-state index in [1.54, 1.807) is 43.3 Å². The summed E-state index contributed by atoms with van der Waals surface area (Å²) in [5, 5.41) is 2.99. The van der Waals surface area contributed by atoms with Crippen LogP contribution >= 0.6 is 11.6 Å². The Hall–Kier alpha value is -2.60. The van der Waals surface area contributed by atoms with Crippen LogP contribution in [0.5, 0.6) is 5.75 Å². The second kappa shape index (κ2) is 8.31. The number of hydrogen-bond donors (Lipinski definition) is 1. The van der Waals surface area contributed by atoms with Crippen molar-refractivity contribution in [2.24, 2.45) is 0 Å². The van der Waals surface area contributed by atoms with Crippen LogP contribution < -0.4 is 10.1 Å². The summed E-state index contributed by atoms with van der Waals surface area (Å²) in [5.74, 6) is -0.263. The number of hydrogen-bond acceptors (Lipinski definition) is 5. The normalized spacial score (nSPS) is 12.8. The Morgan fingerprint density at radius 3 is 2.42 bits per heavy atom. The maximum atomic E-state index is 12.0. The van der Waals surface area contributed by atoms with Crippen molar-refractivity contribution in [3.63, 3.8) is 0 Å². The lowest BCUT2D eigenvalue weighted by Gasteiger charge is -2.17. The van der Waals surface area contributed by atoms with Gasteiger partial charge in [0.05, 0.1) is 5.02 Å². The van der Waals surface area contributed by atoms with Crippen LogP contribution in [-0.4, -0.2) is 29.1 Å². The van der Waals surface area contributed by atoms with E-state index in [1.165, 1.54) is 13.1 Å². The number of benzene rings is 1. The fourth-order valence-corrected chi connectivity index (χ4v) is 1.86. The third-order valence-corrected chi connectivity index (χ3v) is 3.25. The van der Waals surface area contributed by atoms with Gasteiger partial charge in [0.15, 0.2) is 12.2 Å². The van der Waals surface area contributed by atoms with Gasteiger partial charge in [-0.3, -0.25) is 4.79 Å². The average Bonchev–Trinajstić information content (AvgIpc) is 2.57. The summed E-state index contributed by atoms with van der Waals surface area (Å²) in [7, 11) is 0. The molecule has 0 aliphatic rings. The molecule has 0 aliphatic heterocycles. The molecule has 0 bridgehead atoms. The third kappa shape index (κ3) is 5.24. The third-order valence-electron chi connectivity index (χ3n) is 3.03. The lowest BCUT2D eigenvalue weighted by molar-refractivity contribution is -0.159. The molecule has 2 aromatic rings. The lowest BCUT2D eigenvalue weighted by atomic mass is 10.3. The molecule has 2 rings (SSSR count). The van der Waals surface area contributed by atoms with E-state index in [0.717, 1.165) is 0 Å². The van der Waals surface area contributed by atoms with Crippen molar-refractivity contribution in [2.75, 3.05) is 5.32 Å². The van der Waals surface area contributed by atoms with Gasteiger partial charge in [-0.05, 0) is 38.1 Å². The Morgan fingerprint density at radius 2 is 1.79 bits per heavy atom. The van der Waals surface area contributed by atoms with Crippen LogP contribution in [0, 0.1) is 0 Å². The van der Waals surface area contributed by atoms with E-state index < -0.39 is 24.1 Å². The molecule has 0 radical (unpaired) electrons. The highest BCUT2D eigenvalue weighted by Crippen LogP contribution is 2.13. The molecular formula is C17H17ClN2O4. The Kier molecular flexibility index (Phi) is 6.14. The van der Waals surface area contributed by atoms with Crippen LogP contribution in [0.25, 0.3) is 0 Å². The van der Waals surface area contributed by atoms with Crippen molar-refractivity contribution >= 4 is 29.3 Å². The first-order valence-electron chi connectivity index (χ1n) is 7.30. The van der Waals surface area contributed by atoms with Gasteiger partial charge in [-0.25, -0.2) is 9.78 Å². The molecule has 7 heteroatoms. The number of nitrogens with zero attached hydrogens (tertiary/aromatic N) is 1. The minimum atomic E-state index is -0.989. The van der Waals surface area contributed by atoms with E-state index in [2.05, 4.69) is 10.3 Å². The number of halogens is 1. The molecule has 24 heavy (non-hydrogen) atoms. The molecule has 2 atom stereocenters. The van der Waals surface area contributed by atoms with Gasteiger partial charge in [0, 0.05) is 6.20 Å². The van der Waals surface area contributed by atoms with Crippen LogP contribution in [0.4, 0.5) is 5.82 Å². The summed E-state index contributed by atoms with van der Waals surface area (Å²) in [6.07, 6.45) is -0.419. The minimum absolute atomic E-state index is 0.320. The number of anilines is 1. The number of pyridine rings is 1. The van der Waals surface area contributed by atoms with Crippen molar-refractivity contribution in [3.05, 3.63) is 53.7 Å². The number of para-hydroxylation sites is 1. The van der Waals surface area contributed by atoms with Crippen molar-refractivity contribution in [1.29, 1.82) is 0 Å². The molecule has 0 aliphatic carbocycles. The van der Waals surface area contributed by atoms with Gasteiger partial charge in [-0.2, -0.15) is 0 Å². The highest BCUT2D eigenvalue weighted by Gasteiger charge is 2.23. The second-order valence-corrected chi connectivity index (χ2v) is 5.44. The highest BCUT2D eigenvalue weighted by atomic mass is 35.5. The number of ether oxygens (including phenoxy) is 2. The zero-order valence-electron chi connectivity index (χ0n) is 13.2. The van der Waals surface area contributed by atoms with Crippen LogP contribution in [0.15, 0.2) is 48.7 Å². The van der Waals surface area contributed by atoms with Crippen molar-refractivity contribution < 1.29 is 19.1 Å². The number of aromatic nitrogens is 1. The van der Waals surface area contributed by atoms with Crippen molar-refractivity contribution in [1.82, 2.24) is 4.98 Å². The maximum absolute atomic E-state index is 12.0. The Morgan fingerprint density at radius 1 is 1.08 bits per heavy atom. The first kappa shape index (κ1) is 17.7. The zero-order chi connectivity index (χ0) is 17.5. The predicted molar refractivity (Wildman–Crippen MR) is 90.0 cm³/mol. The summed E-state index contributed by atoms with van der Waals surface area (Å²) in [6, 6.07) is 12.0. The maximum Gasteiger partial charge on any atom is 0.347 e. The van der Waals surface area contributed by atoms with Gasteiger partial charge in [-0.1, -0.05) is 29.8 Å². The van der Waals surface area contributed by atoms with E-state index in [9.17, 15) is 9.59 Å². The highest BCUT2D eigenvalue weighted by molar-refractivity contribution is 6.30. The first-order valence-corrected chi connectivity index (χ1v) is 7.68. The van der Waals surface area contributed by atoms with Crippen LogP contribution in [0.3, 0.4) is 0 Å². The molecule has 0 spiro atoms. The number of amides is 1. The van der Waals surface area contributed by atoms with Gasteiger partial charge in [0.25, 0.3) is 5.91 Å². The van der Waals surface area contributed by atoms with Crippen molar-refractivity contribution in [2.45, 2.75) is 26.1 Å². The SMILES string of the molecule is C[C@@H](OC(=O)[C@@H](C)Oc1ccccc1)C(=O)Nc1ccc(Cl)cn1. The van der Waals surface area contributed by atoms with Gasteiger partial charge < -0.3 is 14.8 Å². The second-order valence-electron chi connectivity index (χ2n) is 5.00. The number of carbonyl (C=O) groups is 2. The summed E-state index contributed by atoms with van der Waals surface area (Å²) in [4.78, 5) is 28.0. The molecule has 1 N–H and O–H groups in total. The van der Waals surface area contributed by atoms with Gasteiger partial charge in [0.1, 0.15) is 11.6 Å². The van der Waals surface area contributed by atoms with Crippen molar-refractivity contribution in [3.8, 4) is 5.75 Å². The molecule has 1 aromatic heterocycles. The minimum Gasteiger partial charge on any atom is -0.479 e. The molecule has 126 valence electrons. The molecule has 6 nitrogen and oxygen atoms in total. The lowest BCUT2D eigenvalue weighted by Crippen LogP contribution is -2.35. The predicted octanol–water partition coefficient (Wildman–Crippen LogP) is 3.07. The Balaban J connectivity index is 1.85. The topological polar surface area (TPSA) is 77.5 Å². The first-order chi connectivity index (χ1) is 11.5. The Labute approximate surface area is 144 Å². The molecule has 0 saturated carbocycles. The fraction of sp³-hybridized carbons (Fsp3) is 0.235. The molecule has 0 unspecified atom stereocenters. The molecule has 0 fully saturated rings. The molecule has 0 saturated heterocycles. The number of esters is 1. The monoisotopic (exact) mass is 348 g/mol. The largest absolute Gasteiger partial charge is 0.479 e. The van der Waals surface area contributed by atoms with Gasteiger partial charge in [-0.15, -0.1) is 0 Å². The van der Waals surface area contributed by atoms with E-state index in [1.807, 2.05) is 6.07 Å². The zero-order valence-corrected chi connectivity index (χ0v) is 14.0. The fourth-order valence-electron chi connectivity index (χ4n) is 1.75. The number of rotatable bonds is 6. The van der Waals surface area contributed by atoms with Gasteiger partial charge in [0.2, 0.25) is 0 Å². The Bertz CT molecular complexity index is 691. The average molecular weight is 349 g/mol. The standard InChI is InChI=1S/C17H17ClN2O4/c1-11(16(21)20-15-9-8-13(18)10-19-15)24-17(22)12(2)23-14-6-4-3-5-7-14/h3-12H,1-2H3,(H,19,20,21)/t11-,12-/m1/s1. The summed E-state index contributed by atoms with van der Waals surface area (Å²) < 4.78 is 10.6. The van der Waals surface area contributed by atoms with E-state index in [-0.39, 0.29) is 0 Å². The van der Waals surface area contributed by atoms with E-state index in [4.69, 9.17) is 21.1 Å². The summed E-state index contributed by atoms with van der Waals surface area (Å²) in [6.45, 7) is 3.03. The molecule has 1 aromatic carbocycles. The van der Waals surface area contributed by atoms with Crippen LogP contribution in [-0.2, 0) is 14.3 Å². The van der Waals surface area contributed by atoms with Crippen LogP contribution in [0.1, 0.15) is 13.8 Å². The quantitative estimate of drug-likeness (QED) is 0.812. The summed E-state index contributed by atoms with van der Waals surface area (Å²) >= 11 is 5.72. The van der Waals surface area contributed by atoms with E-state index >= 15 is 0 Å². The summed E-state index contributed by atoms with van der Waals surface area (Å²) in [5.41, 5.74) is 0.